The Kier molecular flexibility index (Phi) is 10.6. The average molecular weight is 1430 g/mol. The summed E-state index contributed by atoms with van der Waals surface area (Å²) < 4.78 is 189. The number of anilines is 6. The van der Waals surface area contributed by atoms with Crippen LogP contribution in [0.4, 0.5) is 34.1 Å². The molecule has 0 saturated carbocycles. The molecule has 0 bridgehead atoms. The Morgan fingerprint density at radius 3 is 1.38 bits per heavy atom. The fraction of sp³-hybridized carbons (Fsp3) is 0.125. The van der Waals surface area contributed by atoms with Crippen LogP contribution in [0.15, 0.2) is 297 Å². The van der Waals surface area contributed by atoms with E-state index in [9.17, 15) is 17.8 Å². The quantitative estimate of drug-likeness (QED) is 0.141. The number of rotatable bonds is 8. The minimum absolute atomic E-state index is 0.0762. The summed E-state index contributed by atoms with van der Waals surface area (Å²) in [6.45, 7) is 17.2. The van der Waals surface area contributed by atoms with Gasteiger partial charge in [-0.15, -0.1) is 0 Å². The molecule has 0 saturated heterocycles. The Labute approximate surface area is 644 Å². The molecule has 4 aliphatic heterocycles. The van der Waals surface area contributed by atoms with E-state index in [1.165, 1.54) is 0 Å². The van der Waals surface area contributed by atoms with Gasteiger partial charge in [0, 0.05) is 0 Å². The molecule has 15 aromatic rings. The van der Waals surface area contributed by atoms with Gasteiger partial charge >= 0.3 is 613 Å². The molecule has 0 fully saturated rings. The molecule has 103 heavy (non-hydrogen) atoms. The minimum atomic E-state index is -1.20. The zero-order chi connectivity index (χ0) is 86.5. The molecule has 0 spiro atoms. The third kappa shape index (κ3) is 10.1. The van der Waals surface area contributed by atoms with E-state index in [0.29, 0.717) is 59.2 Å². The normalized spacial score (nSPS) is 16.0. The van der Waals surface area contributed by atoms with E-state index in [1.807, 2.05) is 84.9 Å². The molecule has 0 N–H and O–H groups in total. The number of halogens is 1. The van der Waals surface area contributed by atoms with E-state index >= 15 is 0 Å². The van der Waals surface area contributed by atoms with Crippen LogP contribution in [0, 0.1) is 0 Å². The van der Waals surface area contributed by atoms with Gasteiger partial charge in [0.25, 0.3) is 0 Å². The van der Waals surface area contributed by atoms with Gasteiger partial charge in [-0.25, -0.2) is 0 Å². The van der Waals surface area contributed by atoms with Gasteiger partial charge in [-0.3, -0.25) is 0 Å². The van der Waals surface area contributed by atoms with Crippen molar-refractivity contribution in [2.75, 3.05) is 9.80 Å². The molecular weight excluding hydrogens is 1330 g/mol. The molecular formula is C96H76B2ClN3Se. The Morgan fingerprint density at radius 1 is 0.350 bits per heavy atom. The molecule has 0 atom stereocenters. The van der Waals surface area contributed by atoms with Crippen molar-refractivity contribution in [3.05, 3.63) is 319 Å². The Morgan fingerprint density at radius 2 is 0.845 bits per heavy atom. The molecule has 1 aromatic heterocycles. The standard InChI is InChI=1S/C96H76B2ClN3Se/c1-94(2,3)67-51-72(61-33-20-12-21-34-61)89(73(52-67)62-35-22-13-23-36-62)101-82-57-70(99)45-46-77(82)97-80-58-85-88-93(92(80)102(84-56-69(96(7,8)9)55-83(101)87(84)97)90-74(63-37-24-14-25-38-63)53-68(95(4,5)6)54-75(90)64-39-26-15-27-40-64)103-86-48-44-66(60-31-18-11-19-32-60)50-79(86)98(88)78-42-28-41-71-76-49-65(59-29-16-10-17-30-59)43-47-81(76)100(85)91(71)78/h10-58H,1-9H3/i10D,11D,16D,17D,18D,19D,28D,29D,30D,31D,32D,41D,42D,43D,45D,46D,47D,49D,57D. The maximum atomic E-state index is 11.1. The number of fused-ring (bicyclic) bond motifs is 12. The molecule has 0 unspecified atom stereocenters. The molecule has 5 heterocycles. The van der Waals surface area contributed by atoms with Gasteiger partial charge in [-0.1, -0.05) is 32.9 Å². The summed E-state index contributed by atoms with van der Waals surface area (Å²) in [5, 5.41) is -0.566. The monoisotopic (exact) mass is 1430 g/mol. The van der Waals surface area contributed by atoms with Crippen molar-refractivity contribution in [2.24, 2.45) is 0 Å². The number of aromatic nitrogens is 1. The zero-order valence-electron chi connectivity index (χ0n) is 77.1. The van der Waals surface area contributed by atoms with Crippen molar-refractivity contribution in [3.8, 4) is 72.4 Å². The Bertz CT molecular complexity index is 7010. The van der Waals surface area contributed by atoms with Gasteiger partial charge in [0.1, 0.15) is 0 Å². The molecule has 7 heteroatoms. The summed E-state index contributed by atoms with van der Waals surface area (Å²) >= 11 is 6.64. The Hall–Kier alpha value is -10.6. The summed E-state index contributed by atoms with van der Waals surface area (Å²) in [6, 6.07) is 50.7. The number of benzene rings is 14. The summed E-state index contributed by atoms with van der Waals surface area (Å²) in [7, 11) is 0. The van der Waals surface area contributed by atoms with E-state index in [2.05, 4.69) is 157 Å². The van der Waals surface area contributed by atoms with E-state index < -0.39 is 158 Å². The summed E-state index contributed by atoms with van der Waals surface area (Å²) in [6.07, 6.45) is 0. The first-order valence-corrected chi connectivity index (χ1v) is 36.9. The maximum absolute atomic E-state index is 11.1. The van der Waals surface area contributed by atoms with E-state index in [4.69, 9.17) is 19.8 Å². The van der Waals surface area contributed by atoms with Gasteiger partial charge in [0.15, 0.2) is 0 Å². The van der Waals surface area contributed by atoms with Crippen LogP contribution in [0.25, 0.3) is 94.3 Å². The fourth-order valence-corrected chi connectivity index (χ4v) is 18.8. The Balaban J connectivity index is 1.08. The topological polar surface area (TPSA) is 11.4 Å². The molecule has 0 amide bonds. The van der Waals surface area contributed by atoms with Crippen molar-refractivity contribution < 1.29 is 26.0 Å². The summed E-state index contributed by atoms with van der Waals surface area (Å²) in [5.74, 6) is 0. The van der Waals surface area contributed by atoms with E-state index in [1.54, 1.807) is 16.7 Å². The predicted molar refractivity (Wildman–Crippen MR) is 445 cm³/mol. The van der Waals surface area contributed by atoms with Crippen molar-refractivity contribution in [3.63, 3.8) is 0 Å². The summed E-state index contributed by atoms with van der Waals surface area (Å²) in [5.41, 5.74) is 13.3. The van der Waals surface area contributed by atoms with Crippen molar-refractivity contribution in [2.45, 2.75) is 78.6 Å². The number of para-hydroxylation sites is 1. The second-order valence-corrected chi connectivity index (χ2v) is 32.8. The first kappa shape index (κ1) is 46.1. The van der Waals surface area contributed by atoms with Gasteiger partial charge in [0.05, 0.1) is 1.37 Å². The molecule has 4 aliphatic rings. The number of nitrogens with zero attached hydrogens (tertiary/aromatic N) is 3. The van der Waals surface area contributed by atoms with Crippen LogP contribution in [-0.2, 0) is 16.2 Å². The third-order valence-corrected chi connectivity index (χ3v) is 23.6. The van der Waals surface area contributed by atoms with Gasteiger partial charge < -0.3 is 0 Å². The third-order valence-electron chi connectivity index (χ3n) is 20.9. The van der Waals surface area contributed by atoms with E-state index in [-0.39, 0.29) is 66.7 Å². The van der Waals surface area contributed by atoms with Crippen molar-refractivity contribution in [1.82, 2.24) is 4.57 Å². The van der Waals surface area contributed by atoms with Gasteiger partial charge in [-0.2, -0.15) is 0 Å². The summed E-state index contributed by atoms with van der Waals surface area (Å²) in [4.78, 5) is 4.50. The van der Waals surface area contributed by atoms with Crippen LogP contribution in [0.2, 0.25) is 5.02 Å². The van der Waals surface area contributed by atoms with Crippen LogP contribution < -0.4 is 51.5 Å². The second kappa shape index (κ2) is 23.7. The van der Waals surface area contributed by atoms with Gasteiger partial charge in [0.2, 0.25) is 0 Å². The van der Waals surface area contributed by atoms with Crippen LogP contribution in [0.1, 0.15) is 105 Å². The van der Waals surface area contributed by atoms with Crippen LogP contribution in [-0.4, -0.2) is 32.9 Å². The zero-order valence-corrected chi connectivity index (χ0v) is 60.6. The van der Waals surface area contributed by atoms with Crippen molar-refractivity contribution in [1.29, 1.82) is 0 Å². The SMILES string of the molecule is [2H]c1c([2H])c([2H])c(-c2ccc3c(c2)B2c4c(cc5c(c4[Se]3)N(c3c(-c4ccccc4)cc(C(C)(C)C)cc3-c3ccccc3)c3cc(C(C)(C)C)cc4c3B5c3c([2H])c([2H])c(Cl)c([2H])c3N4c3c(-c4ccccc4)cc(C(C)(C)C)cc3-c3ccccc3)-n3c4c([2H])c([2H])c(-c5c([2H])c([2H])c([2H])c([2H])c5[2H])c([2H])c4c4c([2H])c([2H])c([2H])c2c43)c([2H])c1[2H]. The molecule has 14 aromatic carbocycles. The molecule has 494 valence electrons. The number of hydrogen-bond acceptors (Lipinski definition) is 2. The van der Waals surface area contributed by atoms with E-state index in [0.717, 1.165) is 66.9 Å². The molecule has 3 nitrogen and oxygen atoms in total. The average Bonchev–Trinajstić information content (AvgIpc) is 1.28. The first-order chi connectivity index (χ1) is 57.8. The fourth-order valence-electron chi connectivity index (χ4n) is 15.9. The van der Waals surface area contributed by atoms with Crippen LogP contribution >= 0.6 is 11.6 Å². The molecule has 19 rings (SSSR count). The van der Waals surface area contributed by atoms with Gasteiger partial charge in [-0.05, 0) is 0 Å². The van der Waals surface area contributed by atoms with Crippen molar-refractivity contribution >= 4 is 138 Å². The van der Waals surface area contributed by atoms with Crippen LogP contribution in [0.5, 0.6) is 0 Å². The molecule has 0 radical (unpaired) electrons. The predicted octanol–water partition coefficient (Wildman–Crippen LogP) is 20.2. The number of hydrogen-bond donors (Lipinski definition) is 0. The molecule has 0 aliphatic carbocycles. The first-order valence-electron chi connectivity index (χ1n) is 44.3. The van der Waals surface area contributed by atoms with Crippen LogP contribution in [0.3, 0.4) is 0 Å². The second-order valence-electron chi connectivity index (χ2n) is 30.2.